The lowest BCUT2D eigenvalue weighted by Gasteiger charge is -2.27. The Hall–Kier alpha value is -7.51. The normalized spacial score (nSPS) is 12.4. The van der Waals surface area contributed by atoms with E-state index in [1.54, 1.807) is 50.9 Å². The maximum Gasteiger partial charge on any atom is 0.196 e. The fourth-order valence-electron chi connectivity index (χ4n) is 8.17. The summed E-state index contributed by atoms with van der Waals surface area (Å²) in [5, 5.41) is 4.90. The molecule has 1 aliphatic rings. The van der Waals surface area contributed by atoms with Crippen LogP contribution in [0.25, 0.3) is 21.8 Å². The van der Waals surface area contributed by atoms with Crippen molar-refractivity contribution in [3.8, 4) is 46.0 Å². The van der Waals surface area contributed by atoms with E-state index < -0.39 is 0 Å². The van der Waals surface area contributed by atoms with Gasteiger partial charge in [0.1, 0.15) is 23.0 Å². The first-order valence-corrected chi connectivity index (χ1v) is 24.2. The van der Waals surface area contributed by atoms with Crippen molar-refractivity contribution >= 4 is 45.0 Å². The molecule has 0 amide bonds. The average Bonchev–Trinajstić information content (AvgIpc) is 3.41. The van der Waals surface area contributed by atoms with Gasteiger partial charge in [-0.05, 0) is 75.2 Å². The molecule has 1 aliphatic heterocycles. The van der Waals surface area contributed by atoms with E-state index in [4.69, 9.17) is 40.0 Å². The maximum atomic E-state index is 13.3. The number of halogens is 1. The minimum Gasteiger partial charge on any atom is -0.493 e. The van der Waals surface area contributed by atoms with E-state index in [1.807, 2.05) is 123 Å². The third kappa shape index (κ3) is 12.6. The van der Waals surface area contributed by atoms with Crippen molar-refractivity contribution in [2.24, 2.45) is 0 Å². The minimum absolute atomic E-state index is 0.0863. The standard InChI is InChI=1S/C31H33N3O4.C27H24ClNO4/c1-22-9-10-27(25(19-22)31(35)23-7-4-3-5-8-23)38-28-11-12-33-26-21-30(29(36-2)20-24(26)28)37-18-6-15-34-16-13-32-14-17-34;1-18-9-10-23(21(15-18)27(30)19-7-4-3-5-8-19)33-24-11-13-29-22-17-26(32-14-6-12-28)25(31-2)16-20(22)24/h3-5,7-12,19-21,32H,6,13-18H2,1-2H3;3-5,7-11,13,15-17H,6,12,14H2,1-2H3. The summed E-state index contributed by atoms with van der Waals surface area (Å²) in [6.45, 7) is 10.2. The highest BCUT2D eigenvalue weighted by molar-refractivity contribution is 6.17. The van der Waals surface area contributed by atoms with Gasteiger partial charge >= 0.3 is 0 Å². The molecule has 12 nitrogen and oxygen atoms in total. The quantitative estimate of drug-likeness (QED) is 0.0470. The van der Waals surface area contributed by atoms with Crippen LogP contribution in [0.5, 0.6) is 46.0 Å². The van der Waals surface area contributed by atoms with Crippen LogP contribution in [0.2, 0.25) is 0 Å². The van der Waals surface area contributed by atoms with E-state index in [0.29, 0.717) is 92.9 Å². The third-order valence-corrected chi connectivity index (χ3v) is 12.1. The van der Waals surface area contributed by atoms with Gasteiger partial charge in [0.05, 0.1) is 49.6 Å². The molecule has 1 saturated heterocycles. The Labute approximate surface area is 419 Å². The van der Waals surface area contributed by atoms with Gasteiger partial charge in [0.2, 0.25) is 0 Å². The molecule has 2 aromatic heterocycles. The lowest BCUT2D eigenvalue weighted by Crippen LogP contribution is -2.43. The van der Waals surface area contributed by atoms with Crippen LogP contribution in [-0.2, 0) is 0 Å². The van der Waals surface area contributed by atoms with Gasteiger partial charge in [0.15, 0.2) is 34.6 Å². The van der Waals surface area contributed by atoms with Crippen LogP contribution in [-0.4, -0.2) is 92.5 Å². The SMILES string of the molecule is COc1cc2c(Oc3ccc(C)cc3C(=O)c3ccccc3)ccnc2cc1OCCCCl.COc1cc2c(Oc3ccc(C)cc3C(=O)c3ccccc3)ccnc2cc1OCCCN1CCNCC1. The maximum absolute atomic E-state index is 13.3. The summed E-state index contributed by atoms with van der Waals surface area (Å²) in [6.07, 6.45) is 5.03. The number of nitrogens with zero attached hydrogens (tertiary/aromatic N) is 3. The van der Waals surface area contributed by atoms with Crippen LogP contribution >= 0.6 is 11.6 Å². The van der Waals surface area contributed by atoms with E-state index in [1.165, 1.54) is 0 Å². The van der Waals surface area contributed by atoms with Gasteiger partial charge in [-0.1, -0.05) is 83.9 Å². The Morgan fingerprint density at radius 2 is 1.01 bits per heavy atom. The lowest BCUT2D eigenvalue weighted by molar-refractivity contribution is 0.102. The molecular weight excluding hydrogens is 916 g/mol. The van der Waals surface area contributed by atoms with Gasteiger partial charge in [-0.2, -0.15) is 0 Å². The number of carbonyl (C=O) groups is 2. The van der Waals surface area contributed by atoms with Crippen molar-refractivity contribution in [1.29, 1.82) is 0 Å². The highest BCUT2D eigenvalue weighted by Crippen LogP contribution is 2.40. The number of ether oxygens (including phenoxy) is 6. The Bertz CT molecular complexity index is 3090. The number of benzene rings is 6. The fourth-order valence-corrected chi connectivity index (χ4v) is 8.28. The molecule has 0 bridgehead atoms. The fraction of sp³-hybridized carbons (Fsp3) is 0.241. The summed E-state index contributed by atoms with van der Waals surface area (Å²) >= 11 is 5.75. The van der Waals surface area contributed by atoms with Crippen molar-refractivity contribution < 1.29 is 38.0 Å². The Morgan fingerprint density at radius 3 is 1.46 bits per heavy atom. The van der Waals surface area contributed by atoms with Crippen LogP contribution in [0.1, 0.15) is 55.8 Å². The van der Waals surface area contributed by atoms with Gasteiger partial charge < -0.3 is 38.6 Å². The van der Waals surface area contributed by atoms with Crippen molar-refractivity contribution in [3.63, 3.8) is 0 Å². The van der Waals surface area contributed by atoms with Crippen molar-refractivity contribution in [2.75, 3.05) is 66.0 Å². The van der Waals surface area contributed by atoms with Crippen molar-refractivity contribution in [1.82, 2.24) is 20.2 Å². The number of hydrogen-bond acceptors (Lipinski definition) is 12. The minimum atomic E-state index is -0.0970. The first-order valence-electron chi connectivity index (χ1n) is 23.7. The lowest BCUT2D eigenvalue weighted by atomic mass is 10.0. The first-order chi connectivity index (χ1) is 34.7. The van der Waals surface area contributed by atoms with E-state index in [2.05, 4.69) is 20.2 Å². The Morgan fingerprint density at radius 1 is 0.549 bits per heavy atom. The van der Waals surface area contributed by atoms with Crippen molar-refractivity contribution in [3.05, 3.63) is 179 Å². The smallest absolute Gasteiger partial charge is 0.196 e. The number of piperazine rings is 1. The molecule has 0 radical (unpaired) electrons. The number of aromatic nitrogens is 2. The summed E-state index contributed by atoms with van der Waals surface area (Å²) in [5.74, 6) is 4.88. The summed E-state index contributed by atoms with van der Waals surface area (Å²) in [6, 6.07) is 40.6. The molecule has 1 N–H and O–H groups in total. The largest absolute Gasteiger partial charge is 0.493 e. The average molecular weight is 974 g/mol. The second-order valence-electron chi connectivity index (χ2n) is 16.9. The number of hydrogen-bond donors (Lipinski definition) is 1. The van der Waals surface area contributed by atoms with Crippen LogP contribution in [0, 0.1) is 13.8 Å². The van der Waals surface area contributed by atoms with E-state index >= 15 is 0 Å². The van der Waals surface area contributed by atoms with E-state index in [0.717, 1.165) is 73.0 Å². The van der Waals surface area contributed by atoms with Gasteiger partial charge in [-0.25, -0.2) is 0 Å². The number of alkyl halides is 1. The van der Waals surface area contributed by atoms with E-state index in [9.17, 15) is 9.59 Å². The van der Waals surface area contributed by atoms with Gasteiger partial charge in [-0.3, -0.25) is 19.6 Å². The number of aryl methyl sites for hydroxylation is 2. The van der Waals surface area contributed by atoms with Crippen molar-refractivity contribution in [2.45, 2.75) is 26.7 Å². The predicted molar refractivity (Wildman–Crippen MR) is 279 cm³/mol. The first kappa shape index (κ1) is 49.9. The molecule has 0 unspecified atom stereocenters. The molecule has 364 valence electrons. The molecule has 3 heterocycles. The molecule has 71 heavy (non-hydrogen) atoms. The number of ketones is 2. The second kappa shape index (κ2) is 24.4. The number of methoxy groups -OCH3 is 2. The molecule has 8 aromatic rings. The summed E-state index contributed by atoms with van der Waals surface area (Å²) in [4.78, 5) is 38.0. The number of pyridine rings is 2. The Balaban J connectivity index is 0.000000192. The van der Waals surface area contributed by atoms with Gasteiger partial charge in [0.25, 0.3) is 0 Å². The summed E-state index contributed by atoms with van der Waals surface area (Å²) in [5.41, 5.74) is 5.60. The molecular formula is C58H57ClN4O8. The zero-order valence-electron chi connectivity index (χ0n) is 40.4. The van der Waals surface area contributed by atoms with Gasteiger partial charge in [0, 0.05) is 85.0 Å². The van der Waals surface area contributed by atoms with Gasteiger partial charge in [-0.15, -0.1) is 11.6 Å². The summed E-state index contributed by atoms with van der Waals surface area (Å²) < 4.78 is 35.7. The second-order valence-corrected chi connectivity index (χ2v) is 17.3. The monoisotopic (exact) mass is 972 g/mol. The molecule has 0 saturated carbocycles. The molecule has 0 atom stereocenters. The zero-order chi connectivity index (χ0) is 49.5. The molecule has 1 fully saturated rings. The number of nitrogens with one attached hydrogen (secondary N) is 1. The third-order valence-electron chi connectivity index (χ3n) is 11.9. The summed E-state index contributed by atoms with van der Waals surface area (Å²) in [7, 11) is 3.21. The number of carbonyl (C=O) groups excluding carboxylic acids is 2. The predicted octanol–water partition coefficient (Wildman–Crippen LogP) is 11.8. The number of fused-ring (bicyclic) bond motifs is 2. The molecule has 9 rings (SSSR count). The van der Waals surface area contributed by atoms with Crippen LogP contribution < -0.4 is 33.7 Å². The molecule has 0 aliphatic carbocycles. The molecule has 6 aromatic carbocycles. The zero-order valence-corrected chi connectivity index (χ0v) is 41.2. The topological polar surface area (TPSA) is 131 Å². The number of rotatable bonds is 19. The highest BCUT2D eigenvalue weighted by Gasteiger charge is 2.20. The Kier molecular flexibility index (Phi) is 17.1. The molecule has 13 heteroatoms. The van der Waals surface area contributed by atoms with Crippen LogP contribution in [0.15, 0.2) is 146 Å². The van der Waals surface area contributed by atoms with E-state index in [-0.39, 0.29) is 11.6 Å². The van der Waals surface area contributed by atoms with Crippen LogP contribution in [0.3, 0.4) is 0 Å². The van der Waals surface area contributed by atoms with Crippen LogP contribution in [0.4, 0.5) is 0 Å². The molecule has 0 spiro atoms. The highest BCUT2D eigenvalue weighted by atomic mass is 35.5.